The molecule has 1 saturated heterocycles. The summed E-state index contributed by atoms with van der Waals surface area (Å²) >= 11 is 0. The summed E-state index contributed by atoms with van der Waals surface area (Å²) in [5.41, 5.74) is 5.61. The van der Waals surface area contributed by atoms with Crippen molar-refractivity contribution < 1.29 is 9.47 Å². The minimum Gasteiger partial charge on any atom is -0.497 e. The molecule has 0 spiro atoms. The monoisotopic (exact) mass is 250 g/mol. The van der Waals surface area contributed by atoms with Gasteiger partial charge in [0, 0.05) is 19.1 Å². The zero-order valence-electron chi connectivity index (χ0n) is 11.0. The minimum absolute atomic E-state index is 0.510. The number of nitrogens with two attached hydrogens (primary N) is 1. The average Bonchev–Trinajstić information content (AvgIpc) is 2.85. The SMILES string of the molecule is COc1ccc(OCC2CCCN2CCN)cc1. The molecule has 1 heterocycles. The number of benzene rings is 1. The molecule has 1 aliphatic rings. The lowest BCUT2D eigenvalue weighted by atomic mass is 10.2. The summed E-state index contributed by atoms with van der Waals surface area (Å²) in [4.78, 5) is 2.42. The van der Waals surface area contributed by atoms with Gasteiger partial charge in [-0.25, -0.2) is 0 Å². The van der Waals surface area contributed by atoms with E-state index in [2.05, 4.69) is 4.90 Å². The molecule has 0 amide bonds. The van der Waals surface area contributed by atoms with E-state index >= 15 is 0 Å². The Hall–Kier alpha value is -1.26. The summed E-state index contributed by atoms with van der Waals surface area (Å²) in [5.74, 6) is 1.75. The highest BCUT2D eigenvalue weighted by atomic mass is 16.5. The molecule has 1 fully saturated rings. The van der Waals surface area contributed by atoms with E-state index in [1.165, 1.54) is 12.8 Å². The van der Waals surface area contributed by atoms with Crippen LogP contribution in [0.25, 0.3) is 0 Å². The van der Waals surface area contributed by atoms with Gasteiger partial charge in [-0.2, -0.15) is 0 Å². The first-order chi connectivity index (χ1) is 8.83. The molecule has 0 aliphatic carbocycles. The second-order valence-electron chi connectivity index (χ2n) is 4.61. The lowest BCUT2D eigenvalue weighted by molar-refractivity contribution is 0.176. The van der Waals surface area contributed by atoms with Gasteiger partial charge in [-0.15, -0.1) is 0 Å². The van der Waals surface area contributed by atoms with Gasteiger partial charge in [0.1, 0.15) is 18.1 Å². The van der Waals surface area contributed by atoms with Crippen molar-refractivity contribution in [2.75, 3.05) is 33.4 Å². The molecular weight excluding hydrogens is 228 g/mol. The first-order valence-electron chi connectivity index (χ1n) is 6.54. The fourth-order valence-electron chi connectivity index (χ4n) is 2.41. The van der Waals surface area contributed by atoms with Crippen molar-refractivity contribution in [3.05, 3.63) is 24.3 Å². The molecule has 0 bridgehead atoms. The van der Waals surface area contributed by atoms with E-state index in [1.807, 2.05) is 24.3 Å². The Labute approximate surface area is 109 Å². The lowest BCUT2D eigenvalue weighted by Gasteiger charge is -2.23. The van der Waals surface area contributed by atoms with Crippen molar-refractivity contribution in [2.45, 2.75) is 18.9 Å². The van der Waals surface area contributed by atoms with Gasteiger partial charge in [-0.3, -0.25) is 4.90 Å². The molecule has 1 aliphatic heterocycles. The molecule has 2 N–H and O–H groups in total. The predicted octanol–water partition coefficient (Wildman–Crippen LogP) is 1.50. The predicted molar refractivity (Wildman–Crippen MR) is 72.1 cm³/mol. The van der Waals surface area contributed by atoms with E-state index < -0.39 is 0 Å². The van der Waals surface area contributed by atoms with Crippen LogP contribution in [0.4, 0.5) is 0 Å². The van der Waals surface area contributed by atoms with E-state index in [0.29, 0.717) is 6.04 Å². The second kappa shape index (κ2) is 6.61. The molecular formula is C14H22N2O2. The van der Waals surface area contributed by atoms with Crippen LogP contribution in [0.5, 0.6) is 11.5 Å². The number of hydrogen-bond donors (Lipinski definition) is 1. The van der Waals surface area contributed by atoms with Crippen LogP contribution in [0.2, 0.25) is 0 Å². The number of likely N-dealkylation sites (tertiary alicyclic amines) is 1. The van der Waals surface area contributed by atoms with Crippen LogP contribution in [0.1, 0.15) is 12.8 Å². The van der Waals surface area contributed by atoms with E-state index in [-0.39, 0.29) is 0 Å². The van der Waals surface area contributed by atoms with Gasteiger partial charge in [-0.1, -0.05) is 0 Å². The number of ether oxygens (including phenoxy) is 2. The van der Waals surface area contributed by atoms with E-state index in [4.69, 9.17) is 15.2 Å². The Morgan fingerprint density at radius 3 is 2.67 bits per heavy atom. The highest BCUT2D eigenvalue weighted by Crippen LogP contribution is 2.20. The van der Waals surface area contributed by atoms with Crippen LogP contribution < -0.4 is 15.2 Å². The Morgan fingerprint density at radius 2 is 2.00 bits per heavy atom. The Morgan fingerprint density at radius 1 is 1.28 bits per heavy atom. The Kier molecular flexibility index (Phi) is 4.84. The molecule has 1 aromatic carbocycles. The fraction of sp³-hybridized carbons (Fsp3) is 0.571. The zero-order valence-corrected chi connectivity index (χ0v) is 11.0. The topological polar surface area (TPSA) is 47.7 Å². The van der Waals surface area contributed by atoms with Gasteiger partial charge in [0.25, 0.3) is 0 Å². The van der Waals surface area contributed by atoms with Gasteiger partial charge in [-0.05, 0) is 43.7 Å². The van der Waals surface area contributed by atoms with Crippen molar-refractivity contribution in [3.63, 3.8) is 0 Å². The second-order valence-corrected chi connectivity index (χ2v) is 4.61. The summed E-state index contributed by atoms with van der Waals surface area (Å²) in [5, 5.41) is 0. The first-order valence-corrected chi connectivity index (χ1v) is 6.54. The fourth-order valence-corrected chi connectivity index (χ4v) is 2.41. The van der Waals surface area contributed by atoms with Crippen LogP contribution >= 0.6 is 0 Å². The zero-order chi connectivity index (χ0) is 12.8. The standard InChI is InChI=1S/C14H22N2O2/c1-17-13-4-6-14(7-5-13)18-11-12-3-2-9-16(12)10-8-15/h4-7,12H,2-3,8-11,15H2,1H3. The molecule has 4 nitrogen and oxygen atoms in total. The average molecular weight is 250 g/mol. The largest absolute Gasteiger partial charge is 0.497 e. The Bertz CT molecular complexity index is 353. The number of methoxy groups -OCH3 is 1. The molecule has 18 heavy (non-hydrogen) atoms. The van der Waals surface area contributed by atoms with Crippen molar-refractivity contribution in [1.82, 2.24) is 4.90 Å². The van der Waals surface area contributed by atoms with E-state index in [0.717, 1.165) is 37.7 Å². The van der Waals surface area contributed by atoms with Gasteiger partial charge < -0.3 is 15.2 Å². The molecule has 1 unspecified atom stereocenters. The number of rotatable bonds is 6. The molecule has 0 saturated carbocycles. The molecule has 2 rings (SSSR count). The highest BCUT2D eigenvalue weighted by Gasteiger charge is 2.24. The normalized spacial score (nSPS) is 20.0. The molecule has 4 heteroatoms. The van der Waals surface area contributed by atoms with Crippen LogP contribution in [0, 0.1) is 0 Å². The number of nitrogens with zero attached hydrogens (tertiary/aromatic N) is 1. The van der Waals surface area contributed by atoms with Gasteiger partial charge in [0.05, 0.1) is 7.11 Å². The van der Waals surface area contributed by atoms with Gasteiger partial charge in [0.2, 0.25) is 0 Å². The van der Waals surface area contributed by atoms with Crippen molar-refractivity contribution in [2.24, 2.45) is 5.73 Å². The van der Waals surface area contributed by atoms with Gasteiger partial charge in [0.15, 0.2) is 0 Å². The maximum atomic E-state index is 5.83. The van der Waals surface area contributed by atoms with Crippen molar-refractivity contribution >= 4 is 0 Å². The molecule has 1 aromatic rings. The molecule has 0 aromatic heterocycles. The first kappa shape index (κ1) is 13.2. The smallest absolute Gasteiger partial charge is 0.119 e. The van der Waals surface area contributed by atoms with Crippen molar-refractivity contribution in [1.29, 1.82) is 0 Å². The third kappa shape index (κ3) is 3.37. The van der Waals surface area contributed by atoms with Crippen LogP contribution in [0.15, 0.2) is 24.3 Å². The number of hydrogen-bond acceptors (Lipinski definition) is 4. The quantitative estimate of drug-likeness (QED) is 0.831. The van der Waals surface area contributed by atoms with Crippen molar-refractivity contribution in [3.8, 4) is 11.5 Å². The summed E-state index contributed by atoms with van der Waals surface area (Å²) in [7, 11) is 1.67. The summed E-state index contributed by atoms with van der Waals surface area (Å²) in [6.07, 6.45) is 2.45. The molecule has 1 atom stereocenters. The molecule has 0 radical (unpaired) electrons. The highest BCUT2D eigenvalue weighted by molar-refractivity contribution is 5.31. The third-order valence-electron chi connectivity index (χ3n) is 3.42. The van der Waals surface area contributed by atoms with E-state index in [1.54, 1.807) is 7.11 Å². The third-order valence-corrected chi connectivity index (χ3v) is 3.42. The minimum atomic E-state index is 0.510. The van der Waals surface area contributed by atoms with Crippen LogP contribution in [0.3, 0.4) is 0 Å². The maximum absolute atomic E-state index is 5.83. The summed E-state index contributed by atoms with van der Waals surface area (Å²) in [6, 6.07) is 8.24. The Balaban J connectivity index is 1.82. The van der Waals surface area contributed by atoms with Crippen LogP contribution in [-0.4, -0.2) is 44.3 Å². The summed E-state index contributed by atoms with van der Waals surface area (Å²) in [6.45, 7) is 3.58. The van der Waals surface area contributed by atoms with E-state index in [9.17, 15) is 0 Å². The van der Waals surface area contributed by atoms with Crippen LogP contribution in [-0.2, 0) is 0 Å². The van der Waals surface area contributed by atoms with Gasteiger partial charge >= 0.3 is 0 Å². The molecule has 100 valence electrons. The maximum Gasteiger partial charge on any atom is 0.119 e. The lowest BCUT2D eigenvalue weighted by Crippen LogP contribution is -2.37. The summed E-state index contributed by atoms with van der Waals surface area (Å²) < 4.78 is 10.9.